The maximum absolute atomic E-state index is 12.2. The van der Waals surface area contributed by atoms with Crippen LogP contribution >= 0.6 is 0 Å². The SMILES string of the molecule is CNC(C)(C)C1Oc2cccnc2N(C)C1=O. The fourth-order valence-corrected chi connectivity index (χ4v) is 1.77. The first-order valence-electron chi connectivity index (χ1n) is 5.55. The summed E-state index contributed by atoms with van der Waals surface area (Å²) >= 11 is 0. The summed E-state index contributed by atoms with van der Waals surface area (Å²) in [4.78, 5) is 17.9. The zero-order chi connectivity index (χ0) is 12.6. The van der Waals surface area contributed by atoms with Gasteiger partial charge < -0.3 is 10.1 Å². The number of ether oxygens (including phenoxy) is 1. The number of anilines is 1. The van der Waals surface area contributed by atoms with Crippen molar-refractivity contribution in [2.45, 2.75) is 25.5 Å². The Kier molecular flexibility index (Phi) is 2.79. The largest absolute Gasteiger partial charge is 0.475 e. The van der Waals surface area contributed by atoms with E-state index >= 15 is 0 Å². The highest BCUT2D eigenvalue weighted by atomic mass is 16.5. The predicted molar refractivity (Wildman–Crippen MR) is 65.2 cm³/mol. The van der Waals surface area contributed by atoms with E-state index in [0.717, 1.165) is 0 Å². The first-order valence-corrected chi connectivity index (χ1v) is 5.55. The van der Waals surface area contributed by atoms with Gasteiger partial charge in [0.15, 0.2) is 17.7 Å². The molecule has 2 rings (SSSR count). The van der Waals surface area contributed by atoms with Crippen LogP contribution in [0.1, 0.15) is 13.8 Å². The molecule has 1 N–H and O–H groups in total. The van der Waals surface area contributed by atoms with E-state index < -0.39 is 11.6 Å². The van der Waals surface area contributed by atoms with Crippen LogP contribution in [0.2, 0.25) is 0 Å². The molecule has 1 aromatic rings. The van der Waals surface area contributed by atoms with Gasteiger partial charge in [-0.25, -0.2) is 4.98 Å². The molecule has 0 saturated carbocycles. The molecule has 0 fully saturated rings. The summed E-state index contributed by atoms with van der Waals surface area (Å²) in [6.07, 6.45) is 1.10. The van der Waals surface area contributed by atoms with Crippen LogP contribution in [0, 0.1) is 0 Å². The molecule has 1 aliphatic heterocycles. The summed E-state index contributed by atoms with van der Waals surface area (Å²) in [5.41, 5.74) is -0.432. The van der Waals surface area contributed by atoms with Crippen LogP contribution in [-0.4, -0.2) is 36.6 Å². The first-order chi connectivity index (χ1) is 7.97. The average molecular weight is 235 g/mol. The average Bonchev–Trinajstić information content (AvgIpc) is 2.33. The number of hydrogen-bond donors (Lipinski definition) is 1. The van der Waals surface area contributed by atoms with E-state index in [1.165, 1.54) is 0 Å². The number of fused-ring (bicyclic) bond motifs is 1. The molecule has 0 spiro atoms. The smallest absolute Gasteiger partial charge is 0.270 e. The van der Waals surface area contributed by atoms with Crippen LogP contribution < -0.4 is 15.0 Å². The second-order valence-corrected chi connectivity index (χ2v) is 4.69. The maximum Gasteiger partial charge on any atom is 0.270 e. The highest BCUT2D eigenvalue weighted by molar-refractivity contribution is 5.99. The standard InChI is InChI=1S/C12H17N3O2/c1-12(2,13-3)9-11(16)15(4)10-8(17-9)6-5-7-14-10/h5-7,9,13H,1-4H3. The molecule has 1 aliphatic rings. The summed E-state index contributed by atoms with van der Waals surface area (Å²) in [5.74, 6) is 1.12. The Balaban J connectivity index is 2.41. The maximum atomic E-state index is 12.2. The zero-order valence-electron chi connectivity index (χ0n) is 10.5. The van der Waals surface area contributed by atoms with E-state index in [1.54, 1.807) is 24.2 Å². The van der Waals surface area contributed by atoms with Crippen molar-refractivity contribution >= 4 is 11.7 Å². The van der Waals surface area contributed by atoms with Crippen LogP contribution in [0.3, 0.4) is 0 Å². The number of likely N-dealkylation sites (N-methyl/N-ethyl adjacent to an activating group) is 2. The number of carbonyl (C=O) groups excluding carboxylic acids is 1. The minimum Gasteiger partial charge on any atom is -0.475 e. The molecule has 0 aliphatic carbocycles. The van der Waals surface area contributed by atoms with Gasteiger partial charge in [0.25, 0.3) is 5.91 Å². The molecule has 17 heavy (non-hydrogen) atoms. The van der Waals surface area contributed by atoms with Gasteiger partial charge in [0.05, 0.1) is 5.54 Å². The number of pyridine rings is 1. The predicted octanol–water partition coefficient (Wildman–Crippen LogP) is 0.803. The van der Waals surface area contributed by atoms with Crippen LogP contribution in [0.4, 0.5) is 5.82 Å². The van der Waals surface area contributed by atoms with Crippen molar-refractivity contribution in [1.82, 2.24) is 10.3 Å². The van der Waals surface area contributed by atoms with Crippen LogP contribution in [-0.2, 0) is 4.79 Å². The molecule has 92 valence electrons. The number of nitrogens with zero attached hydrogens (tertiary/aromatic N) is 2. The lowest BCUT2D eigenvalue weighted by Gasteiger charge is -2.39. The molecule has 0 radical (unpaired) electrons. The number of amides is 1. The highest BCUT2D eigenvalue weighted by Gasteiger charge is 2.42. The lowest BCUT2D eigenvalue weighted by molar-refractivity contribution is -0.129. The molecule has 1 atom stereocenters. The topological polar surface area (TPSA) is 54.5 Å². The Bertz CT molecular complexity index is 445. The van der Waals surface area contributed by atoms with E-state index in [9.17, 15) is 4.79 Å². The first kappa shape index (κ1) is 11.9. The quantitative estimate of drug-likeness (QED) is 0.824. The molecule has 5 heteroatoms. The Morgan fingerprint density at radius 2 is 2.24 bits per heavy atom. The van der Waals surface area contributed by atoms with Gasteiger partial charge >= 0.3 is 0 Å². The minimum atomic E-state index is -0.547. The number of hydrogen-bond acceptors (Lipinski definition) is 4. The number of carbonyl (C=O) groups is 1. The second-order valence-electron chi connectivity index (χ2n) is 4.69. The van der Waals surface area contributed by atoms with Gasteiger partial charge in [-0.05, 0) is 33.0 Å². The Morgan fingerprint density at radius 3 is 2.88 bits per heavy atom. The lowest BCUT2D eigenvalue weighted by atomic mass is 9.95. The summed E-state index contributed by atoms with van der Waals surface area (Å²) < 4.78 is 5.75. The van der Waals surface area contributed by atoms with Gasteiger partial charge in [-0.15, -0.1) is 0 Å². The molecule has 5 nitrogen and oxygen atoms in total. The summed E-state index contributed by atoms with van der Waals surface area (Å²) in [6.45, 7) is 3.87. The normalized spacial score (nSPS) is 19.9. The van der Waals surface area contributed by atoms with Crippen molar-refractivity contribution in [3.8, 4) is 5.75 Å². The van der Waals surface area contributed by atoms with E-state index in [-0.39, 0.29) is 5.91 Å². The van der Waals surface area contributed by atoms with Gasteiger partial charge in [-0.2, -0.15) is 0 Å². The molecule has 1 amide bonds. The van der Waals surface area contributed by atoms with Crippen molar-refractivity contribution in [2.75, 3.05) is 19.0 Å². The third kappa shape index (κ3) is 1.86. The molecular weight excluding hydrogens is 218 g/mol. The van der Waals surface area contributed by atoms with E-state index in [2.05, 4.69) is 10.3 Å². The van der Waals surface area contributed by atoms with Crippen LogP contribution in [0.5, 0.6) is 5.75 Å². The van der Waals surface area contributed by atoms with E-state index in [0.29, 0.717) is 11.6 Å². The molecular formula is C12H17N3O2. The van der Waals surface area contributed by atoms with Crippen molar-refractivity contribution in [3.63, 3.8) is 0 Å². The summed E-state index contributed by atoms with van der Waals surface area (Å²) in [5, 5.41) is 3.10. The highest BCUT2D eigenvalue weighted by Crippen LogP contribution is 2.33. The Labute approximate surface area is 101 Å². The van der Waals surface area contributed by atoms with E-state index in [4.69, 9.17) is 4.74 Å². The lowest BCUT2D eigenvalue weighted by Crippen LogP contribution is -2.59. The van der Waals surface area contributed by atoms with Gasteiger partial charge in [0, 0.05) is 13.2 Å². The van der Waals surface area contributed by atoms with Gasteiger partial charge in [-0.3, -0.25) is 9.69 Å². The fourth-order valence-electron chi connectivity index (χ4n) is 1.77. The monoisotopic (exact) mass is 235 g/mol. The van der Waals surface area contributed by atoms with Gasteiger partial charge in [-0.1, -0.05) is 0 Å². The molecule has 1 unspecified atom stereocenters. The van der Waals surface area contributed by atoms with Crippen molar-refractivity contribution in [2.24, 2.45) is 0 Å². The molecule has 0 aromatic carbocycles. The summed E-state index contributed by atoms with van der Waals surface area (Å²) in [7, 11) is 3.53. The Hall–Kier alpha value is -1.62. The Morgan fingerprint density at radius 1 is 1.53 bits per heavy atom. The zero-order valence-corrected chi connectivity index (χ0v) is 10.5. The fraction of sp³-hybridized carbons (Fsp3) is 0.500. The van der Waals surface area contributed by atoms with Crippen molar-refractivity contribution < 1.29 is 9.53 Å². The third-order valence-electron chi connectivity index (χ3n) is 3.17. The van der Waals surface area contributed by atoms with Crippen LogP contribution in [0.25, 0.3) is 0 Å². The minimum absolute atomic E-state index is 0.0875. The summed E-state index contributed by atoms with van der Waals surface area (Å²) in [6, 6.07) is 3.62. The molecule has 2 heterocycles. The van der Waals surface area contributed by atoms with Gasteiger partial charge in [0.2, 0.25) is 0 Å². The molecule has 0 bridgehead atoms. The van der Waals surface area contributed by atoms with E-state index in [1.807, 2.05) is 27.0 Å². The molecule has 0 saturated heterocycles. The third-order valence-corrected chi connectivity index (χ3v) is 3.17. The van der Waals surface area contributed by atoms with Crippen LogP contribution in [0.15, 0.2) is 18.3 Å². The van der Waals surface area contributed by atoms with Crippen molar-refractivity contribution in [1.29, 1.82) is 0 Å². The number of rotatable bonds is 2. The van der Waals surface area contributed by atoms with Crippen molar-refractivity contribution in [3.05, 3.63) is 18.3 Å². The molecule has 1 aromatic heterocycles. The number of nitrogens with one attached hydrogen (secondary N) is 1. The second kappa shape index (κ2) is 4.00. The van der Waals surface area contributed by atoms with Gasteiger partial charge in [0.1, 0.15) is 0 Å². The number of aromatic nitrogens is 1.